The normalized spacial score (nSPS) is 6.00. The van der Waals surface area contributed by atoms with Gasteiger partial charge in [0.05, 0.1) is 7.11 Å². The summed E-state index contributed by atoms with van der Waals surface area (Å²) in [4.78, 5) is 4.29. The molecular formula is C2H8LiNO. The molecule has 5 heavy (non-hydrogen) atoms. The second-order valence-electron chi connectivity index (χ2n) is 0.408. The van der Waals surface area contributed by atoms with Crippen LogP contribution in [0.3, 0.4) is 0 Å². The largest absolute Gasteiger partial charge is 1.00 e. The first-order valence-corrected chi connectivity index (χ1v) is 1.11. The summed E-state index contributed by atoms with van der Waals surface area (Å²) >= 11 is 0. The molecule has 0 aromatic rings. The van der Waals surface area contributed by atoms with E-state index >= 15 is 0 Å². The third-order valence-electron chi connectivity index (χ3n) is 0.204. The molecule has 0 spiro atoms. The Labute approximate surface area is 45.5 Å². The van der Waals surface area contributed by atoms with E-state index in [1.54, 1.807) is 14.2 Å². The predicted molar refractivity (Wildman–Crippen MR) is 17.2 cm³/mol. The molecule has 0 aromatic heterocycles. The first-order valence-electron chi connectivity index (χ1n) is 1.11. The van der Waals surface area contributed by atoms with E-state index in [4.69, 9.17) is 0 Å². The van der Waals surface area contributed by atoms with Crippen LogP contribution in [0.15, 0.2) is 0 Å². The number of rotatable bonds is 1. The Kier molecular flexibility index (Phi) is 16.1. The second-order valence-corrected chi connectivity index (χ2v) is 0.408. The first kappa shape index (κ1) is 9.10. The fourth-order valence-corrected chi connectivity index (χ4v) is 0. The Bertz CT molecular complexity index is 15.5. The fourth-order valence-electron chi connectivity index (χ4n) is 0. The minimum atomic E-state index is 0. The minimum absolute atomic E-state index is 0. The molecule has 1 N–H and O–H groups in total. The Hall–Kier alpha value is 0.517. The van der Waals surface area contributed by atoms with Crippen LogP contribution in [0.5, 0.6) is 0 Å². The molecule has 3 heteroatoms. The van der Waals surface area contributed by atoms with Crippen LogP contribution >= 0.6 is 0 Å². The molecule has 0 unspecified atom stereocenters. The number of hydrogen-bond acceptors (Lipinski definition) is 2. The quantitative estimate of drug-likeness (QED) is 0.260. The summed E-state index contributed by atoms with van der Waals surface area (Å²) in [6.07, 6.45) is 0. The summed E-state index contributed by atoms with van der Waals surface area (Å²) in [5, 5.41) is 0. The number of hydroxylamine groups is 1. The first-order chi connectivity index (χ1) is 1.91. The van der Waals surface area contributed by atoms with Crippen LogP contribution in [0, 0.1) is 0 Å². The summed E-state index contributed by atoms with van der Waals surface area (Å²) < 4.78 is 0. The minimum Gasteiger partial charge on any atom is -1.00 e. The van der Waals surface area contributed by atoms with Gasteiger partial charge in [0, 0.05) is 7.05 Å². The Morgan fingerprint density at radius 1 is 1.80 bits per heavy atom. The van der Waals surface area contributed by atoms with Crippen LogP contribution in [0.2, 0.25) is 0 Å². The molecule has 0 heterocycles. The molecule has 0 radical (unpaired) electrons. The molecular weight excluding hydrogens is 61.0 g/mol. The van der Waals surface area contributed by atoms with Gasteiger partial charge in [0.1, 0.15) is 0 Å². The van der Waals surface area contributed by atoms with Crippen molar-refractivity contribution in [3.8, 4) is 0 Å². The zero-order valence-corrected chi connectivity index (χ0v) is 3.91. The number of hydrogen-bond donors (Lipinski definition) is 1. The smallest absolute Gasteiger partial charge is 1.00 e. The van der Waals surface area contributed by atoms with Crippen molar-refractivity contribution in [1.29, 1.82) is 0 Å². The average molecular weight is 69.0 g/mol. The van der Waals surface area contributed by atoms with Gasteiger partial charge in [-0.05, 0) is 0 Å². The van der Waals surface area contributed by atoms with Crippen molar-refractivity contribution in [1.82, 2.24) is 5.48 Å². The van der Waals surface area contributed by atoms with Crippen LogP contribution in [0.1, 0.15) is 1.43 Å². The van der Waals surface area contributed by atoms with Gasteiger partial charge in [-0.3, -0.25) is 0 Å². The maximum absolute atomic E-state index is 4.29. The van der Waals surface area contributed by atoms with E-state index in [2.05, 4.69) is 10.3 Å². The molecule has 0 amide bonds. The second kappa shape index (κ2) is 8.82. The average Bonchev–Trinajstić information content (AvgIpc) is 1.37. The van der Waals surface area contributed by atoms with E-state index in [0.717, 1.165) is 0 Å². The van der Waals surface area contributed by atoms with Crippen molar-refractivity contribution in [3.63, 3.8) is 0 Å². The van der Waals surface area contributed by atoms with Crippen molar-refractivity contribution in [2.75, 3.05) is 14.2 Å². The molecule has 0 saturated carbocycles. The summed E-state index contributed by atoms with van der Waals surface area (Å²) in [7, 11) is 3.28. The molecule has 0 aliphatic carbocycles. The molecule has 0 saturated heterocycles. The van der Waals surface area contributed by atoms with Crippen LogP contribution in [0.25, 0.3) is 0 Å². The molecule has 0 aliphatic heterocycles. The third-order valence-corrected chi connectivity index (χ3v) is 0.204. The van der Waals surface area contributed by atoms with Gasteiger partial charge in [0.15, 0.2) is 0 Å². The SMILES string of the molecule is CNOC.[H-].[Li+]. The van der Waals surface area contributed by atoms with E-state index in [0.29, 0.717) is 0 Å². The summed E-state index contributed by atoms with van der Waals surface area (Å²) in [5.74, 6) is 0. The van der Waals surface area contributed by atoms with Gasteiger partial charge in [-0.1, -0.05) is 0 Å². The maximum atomic E-state index is 4.29. The van der Waals surface area contributed by atoms with Gasteiger partial charge in [0.25, 0.3) is 0 Å². The zero-order valence-electron chi connectivity index (χ0n) is 4.91. The standard InChI is InChI=1S/C2H7NO.Li.H/c1-3-4-2;;/h3H,1-2H3;;/q;+1;-1. The van der Waals surface area contributed by atoms with Gasteiger partial charge in [0.2, 0.25) is 0 Å². The fraction of sp³-hybridized carbons (Fsp3) is 1.00. The van der Waals surface area contributed by atoms with Crippen LogP contribution in [-0.2, 0) is 4.84 Å². The molecule has 0 fully saturated rings. The summed E-state index contributed by atoms with van der Waals surface area (Å²) in [6, 6.07) is 0. The Morgan fingerprint density at radius 2 is 2.00 bits per heavy atom. The molecule has 0 rings (SSSR count). The molecule has 0 aliphatic rings. The third kappa shape index (κ3) is 12.4. The van der Waals surface area contributed by atoms with Gasteiger partial charge in [-0.15, -0.1) is 0 Å². The van der Waals surface area contributed by atoms with E-state index in [-0.39, 0.29) is 20.3 Å². The molecule has 0 atom stereocenters. The van der Waals surface area contributed by atoms with Crippen LogP contribution in [0.4, 0.5) is 0 Å². The summed E-state index contributed by atoms with van der Waals surface area (Å²) in [6.45, 7) is 0. The monoisotopic (exact) mass is 69.1 g/mol. The van der Waals surface area contributed by atoms with Gasteiger partial charge in [-0.25, -0.2) is 5.48 Å². The van der Waals surface area contributed by atoms with Crippen molar-refractivity contribution >= 4 is 0 Å². The van der Waals surface area contributed by atoms with Crippen LogP contribution in [-0.4, -0.2) is 14.2 Å². The molecule has 28 valence electrons. The van der Waals surface area contributed by atoms with E-state index in [9.17, 15) is 0 Å². The molecule has 0 aromatic carbocycles. The van der Waals surface area contributed by atoms with E-state index in [1.807, 2.05) is 0 Å². The Morgan fingerprint density at radius 3 is 2.00 bits per heavy atom. The van der Waals surface area contributed by atoms with Gasteiger partial charge < -0.3 is 6.26 Å². The molecule has 0 bridgehead atoms. The van der Waals surface area contributed by atoms with Crippen molar-refractivity contribution in [2.24, 2.45) is 0 Å². The van der Waals surface area contributed by atoms with Crippen molar-refractivity contribution < 1.29 is 25.1 Å². The summed E-state index contributed by atoms with van der Waals surface area (Å²) in [5.41, 5.74) is 2.43. The maximum Gasteiger partial charge on any atom is 1.00 e. The molecule has 2 nitrogen and oxygen atoms in total. The predicted octanol–water partition coefficient (Wildman–Crippen LogP) is -3.12. The number of nitrogens with one attached hydrogen (secondary N) is 1. The van der Waals surface area contributed by atoms with Gasteiger partial charge in [-0.2, -0.15) is 0 Å². The Balaban J connectivity index is -0.0000000450. The van der Waals surface area contributed by atoms with Crippen molar-refractivity contribution in [2.45, 2.75) is 0 Å². The van der Waals surface area contributed by atoms with E-state index < -0.39 is 0 Å². The van der Waals surface area contributed by atoms with Gasteiger partial charge >= 0.3 is 18.9 Å². The van der Waals surface area contributed by atoms with E-state index in [1.165, 1.54) is 0 Å². The van der Waals surface area contributed by atoms with Crippen molar-refractivity contribution in [3.05, 3.63) is 0 Å². The zero-order chi connectivity index (χ0) is 3.41. The topological polar surface area (TPSA) is 21.3 Å². The van der Waals surface area contributed by atoms with Crippen LogP contribution < -0.4 is 24.3 Å².